The minimum atomic E-state index is -0.291. The maximum absolute atomic E-state index is 12.6. The summed E-state index contributed by atoms with van der Waals surface area (Å²) < 4.78 is 6.40. The predicted molar refractivity (Wildman–Crippen MR) is 105 cm³/mol. The number of fused-ring (bicyclic) bond motifs is 1. The third-order valence-electron chi connectivity index (χ3n) is 4.32. The lowest BCUT2D eigenvalue weighted by Crippen LogP contribution is -2.36. The largest absolute Gasteiger partial charge is 0.382 e. The molecule has 1 fully saturated rings. The van der Waals surface area contributed by atoms with Crippen LogP contribution in [0.25, 0.3) is 0 Å². The lowest BCUT2D eigenvalue weighted by Gasteiger charge is -2.31. The number of nitrogens with one attached hydrogen (secondary N) is 1. The highest BCUT2D eigenvalue weighted by atomic mass is 79.9. The first kappa shape index (κ1) is 18.5. The number of carbonyl (C=O) groups excluding carboxylic acids is 1. The summed E-state index contributed by atoms with van der Waals surface area (Å²) in [4.78, 5) is 16.6. The highest BCUT2D eigenvalue weighted by Gasteiger charge is 2.22. The molecule has 7 heteroatoms. The van der Waals surface area contributed by atoms with Crippen LogP contribution in [0.5, 0.6) is 0 Å². The fourth-order valence-electron chi connectivity index (χ4n) is 3.04. The van der Waals surface area contributed by atoms with Crippen LogP contribution in [0.1, 0.15) is 5.56 Å². The molecule has 0 unspecified atom stereocenters. The molecule has 0 bridgehead atoms. The maximum Gasteiger partial charge on any atom is 0.220 e. The van der Waals surface area contributed by atoms with Crippen molar-refractivity contribution in [3.05, 3.63) is 45.7 Å². The number of hydrogen-bond donors (Lipinski definition) is 1. The summed E-state index contributed by atoms with van der Waals surface area (Å²) in [5.41, 5.74) is 3.71. The van der Waals surface area contributed by atoms with Crippen molar-refractivity contribution < 1.29 is 9.53 Å². The van der Waals surface area contributed by atoms with E-state index in [9.17, 15) is 10.1 Å². The van der Waals surface area contributed by atoms with Crippen molar-refractivity contribution in [2.24, 2.45) is 0 Å². The summed E-state index contributed by atoms with van der Waals surface area (Å²) in [7, 11) is 3.57. The van der Waals surface area contributed by atoms with E-state index in [1.165, 1.54) is 6.20 Å². The smallest absolute Gasteiger partial charge is 0.220 e. The second-order valence-corrected chi connectivity index (χ2v) is 7.31. The maximum atomic E-state index is 12.6. The fraction of sp³-hybridized carbons (Fsp3) is 0.368. The molecule has 2 aliphatic heterocycles. The van der Waals surface area contributed by atoms with Gasteiger partial charge < -0.3 is 19.9 Å². The molecule has 0 amide bonds. The number of carbonyl (C=O) groups is 1. The molecule has 136 valence electrons. The Kier molecular flexibility index (Phi) is 5.64. The zero-order chi connectivity index (χ0) is 18.7. The third kappa shape index (κ3) is 3.92. The number of morpholine rings is 1. The zero-order valence-electron chi connectivity index (χ0n) is 14.9. The number of nitrogens with zero attached hydrogens (tertiary/aromatic N) is 3. The SMILES string of the molecule is CN(C)/C=C(\C#N)C(=O)C1=CCc2cc(N3CCOCC3)c(Br)cc2N1. The Labute approximate surface area is 161 Å². The van der Waals surface area contributed by atoms with Crippen LogP contribution in [-0.4, -0.2) is 51.1 Å². The van der Waals surface area contributed by atoms with Gasteiger partial charge in [0.1, 0.15) is 11.6 Å². The molecule has 1 saturated heterocycles. The Morgan fingerprint density at radius 2 is 2.12 bits per heavy atom. The molecule has 2 heterocycles. The molecule has 2 aliphatic rings. The molecular weight excluding hydrogens is 396 g/mol. The van der Waals surface area contributed by atoms with E-state index in [2.05, 4.69) is 32.2 Å². The van der Waals surface area contributed by atoms with Crippen molar-refractivity contribution in [2.45, 2.75) is 6.42 Å². The lowest BCUT2D eigenvalue weighted by molar-refractivity contribution is -0.111. The van der Waals surface area contributed by atoms with Crippen LogP contribution in [0.2, 0.25) is 0 Å². The summed E-state index contributed by atoms with van der Waals surface area (Å²) in [5, 5.41) is 12.4. The molecule has 3 rings (SSSR count). The number of benzene rings is 1. The molecule has 26 heavy (non-hydrogen) atoms. The van der Waals surface area contributed by atoms with E-state index in [-0.39, 0.29) is 11.4 Å². The Morgan fingerprint density at radius 3 is 2.77 bits per heavy atom. The molecule has 0 saturated carbocycles. The normalized spacial score (nSPS) is 16.9. The van der Waals surface area contributed by atoms with E-state index in [4.69, 9.17) is 4.74 Å². The second kappa shape index (κ2) is 7.94. The number of ketones is 1. The molecule has 0 spiro atoms. The molecule has 6 nitrogen and oxygen atoms in total. The third-order valence-corrected chi connectivity index (χ3v) is 4.95. The van der Waals surface area contributed by atoms with Crippen LogP contribution in [0.15, 0.2) is 40.2 Å². The van der Waals surface area contributed by atoms with Crippen molar-refractivity contribution in [1.82, 2.24) is 4.90 Å². The van der Waals surface area contributed by atoms with Crippen molar-refractivity contribution in [1.29, 1.82) is 5.26 Å². The van der Waals surface area contributed by atoms with E-state index >= 15 is 0 Å². The zero-order valence-corrected chi connectivity index (χ0v) is 16.5. The van der Waals surface area contributed by atoms with E-state index < -0.39 is 0 Å². The van der Waals surface area contributed by atoms with Crippen LogP contribution in [0, 0.1) is 11.3 Å². The van der Waals surface area contributed by atoms with Gasteiger partial charge in [-0.2, -0.15) is 5.26 Å². The van der Waals surface area contributed by atoms with E-state index in [1.807, 2.05) is 18.2 Å². The van der Waals surface area contributed by atoms with E-state index in [1.54, 1.807) is 19.0 Å². The van der Waals surface area contributed by atoms with Crippen LogP contribution in [-0.2, 0) is 16.0 Å². The van der Waals surface area contributed by atoms with Gasteiger partial charge in [0.05, 0.1) is 24.6 Å². The number of rotatable bonds is 4. The number of Topliss-reactive ketones (excluding diaryl/α,β-unsaturated/α-hetero) is 1. The average molecular weight is 417 g/mol. The first-order valence-electron chi connectivity index (χ1n) is 8.45. The summed E-state index contributed by atoms with van der Waals surface area (Å²) in [6.07, 6.45) is 4.04. The molecule has 1 N–H and O–H groups in total. The Balaban J connectivity index is 1.83. The lowest BCUT2D eigenvalue weighted by atomic mass is 10.00. The van der Waals surface area contributed by atoms with Crippen molar-refractivity contribution in [3.63, 3.8) is 0 Å². The first-order chi connectivity index (χ1) is 12.5. The number of allylic oxidation sites excluding steroid dienone is 2. The van der Waals surface area contributed by atoms with Crippen molar-refractivity contribution >= 4 is 33.1 Å². The van der Waals surface area contributed by atoms with E-state index in [0.29, 0.717) is 12.1 Å². The fourth-order valence-corrected chi connectivity index (χ4v) is 3.63. The second-order valence-electron chi connectivity index (χ2n) is 6.45. The van der Waals surface area contributed by atoms with Crippen LogP contribution < -0.4 is 10.2 Å². The van der Waals surface area contributed by atoms with Crippen molar-refractivity contribution in [3.8, 4) is 6.07 Å². The number of hydrogen-bond acceptors (Lipinski definition) is 6. The van der Waals surface area contributed by atoms with Crippen LogP contribution in [0.4, 0.5) is 11.4 Å². The van der Waals surface area contributed by atoms with Gasteiger partial charge >= 0.3 is 0 Å². The molecular formula is C19H21BrN4O2. The number of ether oxygens (including phenoxy) is 1. The molecule has 0 radical (unpaired) electrons. The van der Waals surface area contributed by atoms with Crippen molar-refractivity contribution in [2.75, 3.05) is 50.6 Å². The molecule has 0 atom stereocenters. The summed E-state index contributed by atoms with van der Waals surface area (Å²) in [6, 6.07) is 6.13. The Morgan fingerprint density at radius 1 is 1.38 bits per heavy atom. The standard InChI is InChI=1S/C19H21BrN4O2/c1-23(2)12-14(11-21)19(25)16-4-3-13-9-18(15(20)10-17(13)22-16)24-5-7-26-8-6-24/h4,9-10,12,22H,3,5-8H2,1-2H3/b14-12+. The van der Waals surface area contributed by atoms with E-state index in [0.717, 1.165) is 47.7 Å². The number of anilines is 2. The summed E-state index contributed by atoms with van der Waals surface area (Å²) in [6.45, 7) is 3.20. The molecule has 1 aromatic carbocycles. The molecule has 0 aliphatic carbocycles. The van der Waals surface area contributed by atoms with Gasteiger partial charge in [-0.3, -0.25) is 4.79 Å². The molecule has 1 aromatic rings. The average Bonchev–Trinajstić information content (AvgIpc) is 2.65. The minimum absolute atomic E-state index is 0.112. The highest BCUT2D eigenvalue weighted by molar-refractivity contribution is 9.10. The summed E-state index contributed by atoms with van der Waals surface area (Å²) >= 11 is 3.65. The number of halogens is 1. The molecule has 0 aromatic heterocycles. The topological polar surface area (TPSA) is 68.6 Å². The van der Waals surface area contributed by atoms with Gasteiger partial charge in [0.15, 0.2) is 0 Å². The summed E-state index contributed by atoms with van der Waals surface area (Å²) in [5.74, 6) is -0.291. The highest BCUT2D eigenvalue weighted by Crippen LogP contribution is 2.35. The van der Waals surface area contributed by atoms with Gasteiger partial charge in [-0.05, 0) is 40.0 Å². The van der Waals surface area contributed by atoms with Crippen LogP contribution in [0.3, 0.4) is 0 Å². The van der Waals surface area contributed by atoms with Crippen LogP contribution >= 0.6 is 15.9 Å². The van der Waals surface area contributed by atoms with Gasteiger partial charge in [-0.25, -0.2) is 0 Å². The van der Waals surface area contributed by atoms with Gasteiger partial charge in [0.25, 0.3) is 0 Å². The predicted octanol–water partition coefficient (Wildman–Crippen LogP) is 2.68. The van der Waals surface area contributed by atoms with Gasteiger partial charge in [-0.15, -0.1) is 0 Å². The first-order valence-corrected chi connectivity index (χ1v) is 9.24. The monoisotopic (exact) mass is 416 g/mol. The van der Waals surface area contributed by atoms with Gasteiger partial charge in [0.2, 0.25) is 5.78 Å². The van der Waals surface area contributed by atoms with Gasteiger partial charge in [-0.1, -0.05) is 6.08 Å². The minimum Gasteiger partial charge on any atom is -0.382 e. The number of nitriles is 1. The Bertz CT molecular complexity index is 818. The quantitative estimate of drug-likeness (QED) is 0.600. The van der Waals surface area contributed by atoms with Gasteiger partial charge in [0, 0.05) is 43.5 Å². The Hall–Kier alpha value is -2.30.